The fraction of sp³-hybridized carbons (Fsp3) is 0.462. The predicted molar refractivity (Wildman–Crippen MR) is 63.4 cm³/mol. The number of benzene rings is 1. The van der Waals surface area contributed by atoms with Crippen LogP contribution in [0.5, 0.6) is 5.75 Å². The lowest BCUT2D eigenvalue weighted by atomic mass is 9.84. The number of rotatable bonds is 0. The Bertz CT molecular complexity index is 335. The van der Waals surface area contributed by atoms with Gasteiger partial charge in [-0.15, -0.1) is 0 Å². The fourth-order valence-corrected chi connectivity index (χ4v) is 1.53. The largest absolute Gasteiger partial charge is 0.507 e. The summed E-state index contributed by atoms with van der Waals surface area (Å²) in [6.45, 7) is 12.3. The van der Waals surface area contributed by atoms with Crippen LogP contribution >= 0.6 is 0 Å². The van der Waals surface area contributed by atoms with Gasteiger partial charge in [0.15, 0.2) is 0 Å². The SMILES string of the molecule is C=O.Cc1cc(C)c(O)c(C(C)(C)C)c1. The van der Waals surface area contributed by atoms with E-state index in [0.717, 1.165) is 11.1 Å². The third-order valence-corrected chi connectivity index (χ3v) is 2.25. The van der Waals surface area contributed by atoms with Crippen molar-refractivity contribution in [1.29, 1.82) is 0 Å². The number of hydrogen-bond acceptors (Lipinski definition) is 2. The van der Waals surface area contributed by atoms with Gasteiger partial charge in [0.25, 0.3) is 0 Å². The van der Waals surface area contributed by atoms with Crippen LogP contribution in [0, 0.1) is 13.8 Å². The van der Waals surface area contributed by atoms with Gasteiger partial charge < -0.3 is 9.90 Å². The first kappa shape index (κ1) is 13.7. The van der Waals surface area contributed by atoms with Gasteiger partial charge in [0.2, 0.25) is 0 Å². The summed E-state index contributed by atoms with van der Waals surface area (Å²) >= 11 is 0. The van der Waals surface area contributed by atoms with Crippen molar-refractivity contribution in [2.45, 2.75) is 40.0 Å². The zero-order chi connectivity index (χ0) is 12.2. The van der Waals surface area contributed by atoms with Crippen molar-refractivity contribution in [1.82, 2.24) is 0 Å². The van der Waals surface area contributed by atoms with Crippen LogP contribution < -0.4 is 0 Å². The second-order valence-electron chi connectivity index (χ2n) is 4.73. The number of hydrogen-bond donors (Lipinski definition) is 1. The number of phenolic OH excluding ortho intramolecular Hbond substituents is 1. The quantitative estimate of drug-likeness (QED) is 0.711. The third kappa shape index (κ3) is 3.39. The van der Waals surface area contributed by atoms with Crippen LogP contribution in [0.4, 0.5) is 0 Å². The Kier molecular flexibility index (Phi) is 4.53. The molecule has 0 aliphatic rings. The molecular weight excluding hydrogens is 188 g/mol. The Morgan fingerprint density at radius 3 is 2.00 bits per heavy atom. The summed E-state index contributed by atoms with van der Waals surface area (Å²) in [7, 11) is 0. The lowest BCUT2D eigenvalue weighted by molar-refractivity contribution is -0.0979. The molecule has 1 aromatic rings. The van der Waals surface area contributed by atoms with E-state index in [-0.39, 0.29) is 5.41 Å². The highest BCUT2D eigenvalue weighted by atomic mass is 16.3. The molecule has 0 amide bonds. The van der Waals surface area contributed by atoms with Crippen molar-refractivity contribution in [2.24, 2.45) is 0 Å². The monoisotopic (exact) mass is 208 g/mol. The van der Waals surface area contributed by atoms with E-state index in [1.54, 1.807) is 0 Å². The second-order valence-corrected chi connectivity index (χ2v) is 4.73. The van der Waals surface area contributed by atoms with Gasteiger partial charge in [0.05, 0.1) is 0 Å². The molecule has 15 heavy (non-hydrogen) atoms. The highest BCUT2D eigenvalue weighted by Crippen LogP contribution is 2.33. The molecule has 0 saturated heterocycles. The topological polar surface area (TPSA) is 37.3 Å². The molecule has 0 heterocycles. The first-order valence-electron chi connectivity index (χ1n) is 4.92. The van der Waals surface area contributed by atoms with Gasteiger partial charge in [-0.05, 0) is 30.4 Å². The van der Waals surface area contributed by atoms with Crippen molar-refractivity contribution < 1.29 is 9.90 Å². The van der Waals surface area contributed by atoms with Crippen LogP contribution in [0.1, 0.15) is 37.5 Å². The van der Waals surface area contributed by atoms with Gasteiger partial charge in [-0.2, -0.15) is 0 Å². The minimum Gasteiger partial charge on any atom is -0.507 e. The molecule has 0 unspecified atom stereocenters. The Balaban J connectivity index is 0.000000921. The number of carbonyl (C=O) groups is 1. The molecule has 0 bridgehead atoms. The summed E-state index contributed by atoms with van der Waals surface area (Å²) in [6, 6.07) is 4.06. The molecule has 2 heteroatoms. The van der Waals surface area contributed by atoms with Crippen LogP contribution in [0.15, 0.2) is 12.1 Å². The van der Waals surface area contributed by atoms with Crippen LogP contribution in [0.2, 0.25) is 0 Å². The molecule has 1 rings (SSSR count). The molecular formula is C13H20O2. The molecule has 0 atom stereocenters. The minimum absolute atomic E-state index is 0.0147. The van der Waals surface area contributed by atoms with E-state index in [4.69, 9.17) is 4.79 Å². The van der Waals surface area contributed by atoms with Crippen LogP contribution in [-0.2, 0) is 10.2 Å². The highest BCUT2D eigenvalue weighted by molar-refractivity contribution is 5.45. The predicted octanol–water partition coefficient (Wildman–Crippen LogP) is 3.12. The second kappa shape index (κ2) is 4.96. The van der Waals surface area contributed by atoms with E-state index in [0.29, 0.717) is 5.75 Å². The minimum atomic E-state index is 0.0147. The maximum absolute atomic E-state index is 9.86. The number of aryl methyl sites for hydroxylation is 2. The van der Waals surface area contributed by atoms with Gasteiger partial charge in [0.1, 0.15) is 12.5 Å². The highest BCUT2D eigenvalue weighted by Gasteiger charge is 2.19. The Morgan fingerprint density at radius 2 is 1.60 bits per heavy atom. The maximum atomic E-state index is 9.86. The maximum Gasteiger partial charge on any atom is 0.122 e. The normalized spacial score (nSPS) is 10.5. The van der Waals surface area contributed by atoms with Crippen LogP contribution in [0.25, 0.3) is 0 Å². The first-order chi connectivity index (χ1) is 6.82. The third-order valence-electron chi connectivity index (χ3n) is 2.25. The first-order valence-corrected chi connectivity index (χ1v) is 4.92. The molecule has 0 radical (unpaired) electrons. The van der Waals surface area contributed by atoms with Gasteiger partial charge >= 0.3 is 0 Å². The molecule has 1 aromatic carbocycles. The molecule has 0 saturated carbocycles. The van der Waals surface area contributed by atoms with Crippen molar-refractivity contribution >= 4 is 6.79 Å². The average molecular weight is 208 g/mol. The Labute approximate surface area is 91.9 Å². The molecule has 1 N–H and O–H groups in total. The number of carbonyl (C=O) groups excluding carboxylic acids is 1. The van der Waals surface area contributed by atoms with Gasteiger partial charge in [0, 0.05) is 0 Å². The number of aromatic hydroxyl groups is 1. The number of phenols is 1. The molecule has 0 aromatic heterocycles. The summed E-state index contributed by atoms with van der Waals surface area (Å²) in [5, 5.41) is 9.86. The van der Waals surface area contributed by atoms with Crippen molar-refractivity contribution in [2.75, 3.05) is 0 Å². The summed E-state index contributed by atoms with van der Waals surface area (Å²) < 4.78 is 0. The molecule has 84 valence electrons. The molecule has 0 aliphatic heterocycles. The van der Waals surface area contributed by atoms with Crippen LogP contribution in [-0.4, -0.2) is 11.9 Å². The average Bonchev–Trinajstić information content (AvgIpc) is 2.13. The molecule has 0 spiro atoms. The Morgan fingerprint density at radius 1 is 1.13 bits per heavy atom. The van der Waals surface area contributed by atoms with E-state index in [1.165, 1.54) is 5.56 Å². The van der Waals surface area contributed by atoms with Gasteiger partial charge in [-0.3, -0.25) is 0 Å². The van der Waals surface area contributed by atoms with E-state index >= 15 is 0 Å². The summed E-state index contributed by atoms with van der Waals surface area (Å²) in [5.74, 6) is 0.443. The Hall–Kier alpha value is -1.31. The van der Waals surface area contributed by atoms with E-state index in [9.17, 15) is 5.11 Å². The van der Waals surface area contributed by atoms with Gasteiger partial charge in [-0.1, -0.05) is 38.5 Å². The smallest absolute Gasteiger partial charge is 0.122 e. The van der Waals surface area contributed by atoms with Gasteiger partial charge in [-0.25, -0.2) is 0 Å². The van der Waals surface area contributed by atoms with E-state index < -0.39 is 0 Å². The van der Waals surface area contributed by atoms with Crippen molar-refractivity contribution in [3.05, 3.63) is 28.8 Å². The summed E-state index contributed by atoms with van der Waals surface area (Å²) in [6.07, 6.45) is 0. The van der Waals surface area contributed by atoms with E-state index in [2.05, 4.69) is 33.8 Å². The fourth-order valence-electron chi connectivity index (χ4n) is 1.53. The lowest BCUT2D eigenvalue weighted by Crippen LogP contribution is -2.12. The van der Waals surface area contributed by atoms with E-state index in [1.807, 2.05) is 19.8 Å². The molecule has 2 nitrogen and oxygen atoms in total. The molecule has 0 fully saturated rings. The van der Waals surface area contributed by atoms with Crippen molar-refractivity contribution in [3.8, 4) is 5.75 Å². The molecule has 0 aliphatic carbocycles. The zero-order valence-corrected chi connectivity index (χ0v) is 10.2. The zero-order valence-electron chi connectivity index (χ0n) is 10.2. The van der Waals surface area contributed by atoms with Crippen molar-refractivity contribution in [3.63, 3.8) is 0 Å². The standard InChI is InChI=1S/C12H18O.CH2O/c1-8-6-9(2)11(13)10(7-8)12(3,4)5;1-2/h6-7,13H,1-5H3;1H2. The van der Waals surface area contributed by atoms with Crippen LogP contribution in [0.3, 0.4) is 0 Å². The summed E-state index contributed by atoms with van der Waals surface area (Å²) in [5.41, 5.74) is 3.22. The lowest BCUT2D eigenvalue weighted by Gasteiger charge is -2.22. The summed E-state index contributed by atoms with van der Waals surface area (Å²) in [4.78, 5) is 8.00.